The van der Waals surface area contributed by atoms with E-state index in [0.29, 0.717) is 6.54 Å². The minimum atomic E-state index is -4.23. The van der Waals surface area contributed by atoms with Gasteiger partial charge in [-0.25, -0.2) is 0 Å². The van der Waals surface area contributed by atoms with Gasteiger partial charge in [0, 0.05) is 31.7 Å². The van der Waals surface area contributed by atoms with Crippen molar-refractivity contribution in [2.45, 2.75) is 38.4 Å². The summed E-state index contributed by atoms with van der Waals surface area (Å²) in [4.78, 5) is 2.26. The van der Waals surface area contributed by atoms with Crippen LogP contribution in [-0.4, -0.2) is 56.0 Å². The maximum atomic E-state index is 12.0. The molecule has 108 valence electrons. The molecule has 0 atom stereocenters. The zero-order chi connectivity index (χ0) is 13.6. The lowest BCUT2D eigenvalue weighted by Gasteiger charge is -2.47. The molecule has 1 N–H and O–H groups in total. The average molecular weight is 268 g/mol. The Balaban J connectivity index is 2.38. The van der Waals surface area contributed by atoms with E-state index in [1.54, 1.807) is 0 Å². The van der Waals surface area contributed by atoms with Crippen molar-refractivity contribution < 1.29 is 17.9 Å². The van der Waals surface area contributed by atoms with Gasteiger partial charge in [0.1, 0.15) is 6.61 Å². The van der Waals surface area contributed by atoms with Gasteiger partial charge in [-0.1, -0.05) is 13.8 Å². The van der Waals surface area contributed by atoms with E-state index in [2.05, 4.69) is 24.1 Å². The minimum Gasteiger partial charge on any atom is -0.371 e. The summed E-state index contributed by atoms with van der Waals surface area (Å²) < 4.78 is 40.6. The predicted octanol–water partition coefficient (Wildman–Crippen LogP) is 2.03. The van der Waals surface area contributed by atoms with Gasteiger partial charge < -0.3 is 10.1 Å². The lowest BCUT2D eigenvalue weighted by molar-refractivity contribution is -0.175. The lowest BCUT2D eigenvalue weighted by Crippen LogP contribution is -2.61. The third-order valence-corrected chi connectivity index (χ3v) is 3.77. The first-order valence-corrected chi connectivity index (χ1v) is 6.54. The Morgan fingerprint density at radius 2 is 1.94 bits per heavy atom. The second-order valence-electron chi connectivity index (χ2n) is 4.76. The molecule has 1 aliphatic heterocycles. The SMILES string of the molecule is CCC1(CC)CNCCN1CCOCC(F)(F)F. The molecule has 0 amide bonds. The molecule has 1 heterocycles. The monoisotopic (exact) mass is 268 g/mol. The Hall–Kier alpha value is -0.330. The third-order valence-electron chi connectivity index (χ3n) is 3.77. The van der Waals surface area contributed by atoms with Crippen LogP contribution in [0.2, 0.25) is 0 Å². The van der Waals surface area contributed by atoms with Crippen LogP contribution in [0.3, 0.4) is 0 Å². The first-order valence-electron chi connectivity index (χ1n) is 6.54. The summed E-state index contributed by atoms with van der Waals surface area (Å²) in [6, 6.07) is 0. The molecule has 0 bridgehead atoms. The highest BCUT2D eigenvalue weighted by molar-refractivity contribution is 4.93. The molecule has 1 saturated heterocycles. The summed E-state index contributed by atoms with van der Waals surface area (Å²) in [5, 5.41) is 3.36. The molecule has 1 rings (SSSR count). The molecule has 0 radical (unpaired) electrons. The van der Waals surface area contributed by atoms with Gasteiger partial charge in [-0.2, -0.15) is 13.2 Å². The van der Waals surface area contributed by atoms with Crippen LogP contribution >= 0.6 is 0 Å². The van der Waals surface area contributed by atoms with Gasteiger partial charge in [0.25, 0.3) is 0 Å². The summed E-state index contributed by atoms with van der Waals surface area (Å²) in [6.07, 6.45) is -2.23. The summed E-state index contributed by atoms with van der Waals surface area (Å²) in [7, 11) is 0. The predicted molar refractivity (Wildman–Crippen MR) is 64.6 cm³/mol. The minimum absolute atomic E-state index is 0.0693. The fourth-order valence-electron chi connectivity index (χ4n) is 2.54. The van der Waals surface area contributed by atoms with Crippen molar-refractivity contribution in [3.63, 3.8) is 0 Å². The van der Waals surface area contributed by atoms with Gasteiger partial charge >= 0.3 is 6.18 Å². The highest BCUT2D eigenvalue weighted by Gasteiger charge is 2.35. The van der Waals surface area contributed by atoms with Crippen LogP contribution in [-0.2, 0) is 4.74 Å². The van der Waals surface area contributed by atoms with E-state index in [1.165, 1.54) is 0 Å². The fourth-order valence-corrected chi connectivity index (χ4v) is 2.54. The molecule has 1 fully saturated rings. The van der Waals surface area contributed by atoms with Crippen molar-refractivity contribution in [1.82, 2.24) is 10.2 Å². The molecule has 0 aromatic carbocycles. The number of halogens is 3. The molecule has 0 aliphatic carbocycles. The van der Waals surface area contributed by atoms with E-state index in [1.807, 2.05) is 0 Å². The third kappa shape index (κ3) is 4.40. The molecule has 0 saturated carbocycles. The Labute approximate surface area is 107 Å². The van der Waals surface area contributed by atoms with Crippen molar-refractivity contribution in [2.75, 3.05) is 39.4 Å². The van der Waals surface area contributed by atoms with Gasteiger partial charge in [-0.05, 0) is 12.8 Å². The fraction of sp³-hybridized carbons (Fsp3) is 1.00. The van der Waals surface area contributed by atoms with Crippen LogP contribution in [0.5, 0.6) is 0 Å². The first kappa shape index (κ1) is 15.7. The normalized spacial score (nSPS) is 21.2. The number of hydrogen-bond donors (Lipinski definition) is 1. The van der Waals surface area contributed by atoms with Crippen LogP contribution in [0.1, 0.15) is 26.7 Å². The first-order chi connectivity index (χ1) is 8.43. The standard InChI is InChI=1S/C12H23F3N2O/c1-3-11(4-2)9-16-5-6-17(11)7-8-18-10-12(13,14)15/h16H,3-10H2,1-2H3. The Kier molecular flexibility index (Phi) is 5.88. The summed E-state index contributed by atoms with van der Waals surface area (Å²) in [6.45, 7) is 6.47. The van der Waals surface area contributed by atoms with E-state index in [0.717, 1.165) is 32.5 Å². The molecule has 18 heavy (non-hydrogen) atoms. The Bertz CT molecular complexity index is 242. The van der Waals surface area contributed by atoms with E-state index >= 15 is 0 Å². The summed E-state index contributed by atoms with van der Waals surface area (Å²) >= 11 is 0. The summed E-state index contributed by atoms with van der Waals surface area (Å²) in [5.74, 6) is 0. The lowest BCUT2D eigenvalue weighted by atomic mass is 9.88. The molecule has 0 aromatic rings. The van der Waals surface area contributed by atoms with Crippen molar-refractivity contribution >= 4 is 0 Å². The molecule has 0 aromatic heterocycles. The molecule has 0 unspecified atom stereocenters. The van der Waals surface area contributed by atoms with E-state index < -0.39 is 12.8 Å². The number of alkyl halides is 3. The maximum absolute atomic E-state index is 12.0. The molecule has 3 nitrogen and oxygen atoms in total. The smallest absolute Gasteiger partial charge is 0.371 e. The zero-order valence-electron chi connectivity index (χ0n) is 11.1. The highest BCUT2D eigenvalue weighted by Crippen LogP contribution is 2.25. The average Bonchev–Trinajstić information content (AvgIpc) is 2.34. The molecular formula is C12H23F3N2O. The number of hydrogen-bond acceptors (Lipinski definition) is 3. The van der Waals surface area contributed by atoms with Crippen molar-refractivity contribution in [3.05, 3.63) is 0 Å². The molecular weight excluding hydrogens is 245 g/mol. The molecule has 1 aliphatic rings. The quantitative estimate of drug-likeness (QED) is 0.746. The number of rotatable bonds is 6. The Morgan fingerprint density at radius 3 is 2.50 bits per heavy atom. The van der Waals surface area contributed by atoms with Crippen LogP contribution in [0.15, 0.2) is 0 Å². The topological polar surface area (TPSA) is 24.5 Å². The van der Waals surface area contributed by atoms with Gasteiger partial charge in [0.05, 0.1) is 6.61 Å². The summed E-state index contributed by atoms with van der Waals surface area (Å²) in [5.41, 5.74) is 0.0693. The number of piperazine rings is 1. The van der Waals surface area contributed by atoms with Crippen LogP contribution in [0.4, 0.5) is 13.2 Å². The van der Waals surface area contributed by atoms with Crippen molar-refractivity contribution in [3.8, 4) is 0 Å². The van der Waals surface area contributed by atoms with E-state index in [4.69, 9.17) is 4.74 Å². The van der Waals surface area contributed by atoms with Crippen LogP contribution in [0.25, 0.3) is 0 Å². The van der Waals surface area contributed by atoms with Crippen molar-refractivity contribution in [1.29, 1.82) is 0 Å². The number of nitrogens with zero attached hydrogens (tertiary/aromatic N) is 1. The van der Waals surface area contributed by atoms with E-state index in [-0.39, 0.29) is 12.1 Å². The largest absolute Gasteiger partial charge is 0.411 e. The van der Waals surface area contributed by atoms with Gasteiger partial charge in [0.2, 0.25) is 0 Å². The number of nitrogens with one attached hydrogen (secondary N) is 1. The van der Waals surface area contributed by atoms with Crippen LogP contribution in [0, 0.1) is 0 Å². The highest BCUT2D eigenvalue weighted by atomic mass is 19.4. The Morgan fingerprint density at radius 1 is 1.28 bits per heavy atom. The second kappa shape index (κ2) is 6.73. The maximum Gasteiger partial charge on any atom is 0.411 e. The van der Waals surface area contributed by atoms with Crippen LogP contribution < -0.4 is 5.32 Å². The van der Waals surface area contributed by atoms with Crippen molar-refractivity contribution in [2.24, 2.45) is 0 Å². The second-order valence-corrected chi connectivity index (χ2v) is 4.76. The van der Waals surface area contributed by atoms with Gasteiger partial charge in [-0.3, -0.25) is 4.90 Å². The van der Waals surface area contributed by atoms with Gasteiger partial charge in [-0.15, -0.1) is 0 Å². The van der Waals surface area contributed by atoms with E-state index in [9.17, 15) is 13.2 Å². The molecule has 6 heteroatoms. The molecule has 0 spiro atoms. The zero-order valence-corrected chi connectivity index (χ0v) is 11.1. The number of ether oxygens (including phenoxy) is 1. The van der Waals surface area contributed by atoms with Gasteiger partial charge in [0.15, 0.2) is 0 Å².